The van der Waals surface area contributed by atoms with Gasteiger partial charge in [-0.15, -0.1) is 0 Å². The molecule has 220 valence electrons. The highest BCUT2D eigenvalue weighted by molar-refractivity contribution is 5.77. The summed E-state index contributed by atoms with van der Waals surface area (Å²) >= 11 is 0. The molecular formula is C32H32O10. The van der Waals surface area contributed by atoms with Gasteiger partial charge in [0.25, 0.3) is 0 Å². The quantitative estimate of drug-likeness (QED) is 0.158. The number of aliphatic hydroxyl groups excluding tert-OH is 2. The van der Waals surface area contributed by atoms with Crippen LogP contribution in [0.2, 0.25) is 0 Å². The molecule has 10 heteroatoms. The van der Waals surface area contributed by atoms with Crippen molar-refractivity contribution >= 4 is 0 Å². The van der Waals surface area contributed by atoms with Gasteiger partial charge in [-0.3, -0.25) is 0 Å². The van der Waals surface area contributed by atoms with Gasteiger partial charge in [0.1, 0.15) is 11.5 Å². The minimum Gasteiger partial charge on any atom is -0.508 e. The average Bonchev–Trinajstić information content (AvgIpc) is 2.93. The number of fused-ring (bicyclic) bond motifs is 6. The number of phenols is 6. The summed E-state index contributed by atoms with van der Waals surface area (Å²) in [6.07, 6.45) is -0.912. The Labute approximate surface area is 240 Å². The van der Waals surface area contributed by atoms with Gasteiger partial charge in [0.15, 0.2) is 23.0 Å². The third-order valence-corrected chi connectivity index (χ3v) is 7.83. The Balaban J connectivity index is 1.83. The number of aliphatic hydroxyl groups is 4. The van der Waals surface area contributed by atoms with Crippen molar-refractivity contribution in [2.24, 2.45) is 0 Å². The monoisotopic (exact) mass is 576 g/mol. The van der Waals surface area contributed by atoms with Gasteiger partial charge in [-0.2, -0.15) is 0 Å². The zero-order valence-corrected chi connectivity index (χ0v) is 22.5. The van der Waals surface area contributed by atoms with Crippen molar-refractivity contribution in [3.8, 4) is 56.8 Å². The lowest BCUT2D eigenvalue weighted by molar-refractivity contribution is -0.0142. The topological polar surface area (TPSA) is 202 Å². The summed E-state index contributed by atoms with van der Waals surface area (Å²) < 4.78 is 0. The maximum Gasteiger partial charge on any atom is 0.158 e. The van der Waals surface area contributed by atoms with E-state index in [1.165, 1.54) is 60.7 Å². The first-order valence-corrected chi connectivity index (χ1v) is 13.2. The van der Waals surface area contributed by atoms with E-state index in [1.807, 2.05) is 0 Å². The summed E-state index contributed by atoms with van der Waals surface area (Å²) in [5.41, 5.74) is -0.851. The fourth-order valence-electron chi connectivity index (χ4n) is 5.78. The predicted molar refractivity (Wildman–Crippen MR) is 153 cm³/mol. The number of phenolic OH excluding ortho intramolecular Hbond substituents is 6. The lowest BCUT2D eigenvalue weighted by Gasteiger charge is -2.32. The summed E-state index contributed by atoms with van der Waals surface area (Å²) in [4.78, 5) is 0. The third-order valence-electron chi connectivity index (χ3n) is 7.83. The van der Waals surface area contributed by atoms with Crippen molar-refractivity contribution in [2.75, 3.05) is 13.2 Å². The van der Waals surface area contributed by atoms with Crippen LogP contribution < -0.4 is 0 Å². The molecule has 0 aliphatic heterocycles. The van der Waals surface area contributed by atoms with Gasteiger partial charge in [-0.1, -0.05) is 12.1 Å². The van der Waals surface area contributed by atoms with E-state index in [1.54, 1.807) is 0 Å². The molecule has 0 radical (unpaired) electrons. The predicted octanol–water partition coefficient (Wildman–Crippen LogP) is 2.58. The van der Waals surface area contributed by atoms with E-state index in [0.29, 0.717) is 44.5 Å². The molecule has 4 aromatic rings. The molecule has 0 unspecified atom stereocenters. The van der Waals surface area contributed by atoms with Crippen molar-refractivity contribution in [2.45, 2.75) is 36.9 Å². The number of hydrogen-bond acceptors (Lipinski definition) is 10. The van der Waals surface area contributed by atoms with E-state index in [4.69, 9.17) is 0 Å². The fraction of sp³-hybridized carbons (Fsp3) is 0.250. The van der Waals surface area contributed by atoms with Crippen LogP contribution in [0.3, 0.4) is 0 Å². The molecule has 42 heavy (non-hydrogen) atoms. The van der Waals surface area contributed by atoms with Crippen LogP contribution in [0.15, 0.2) is 60.7 Å². The molecule has 5 rings (SSSR count). The van der Waals surface area contributed by atoms with Crippen LogP contribution in [-0.4, -0.2) is 75.5 Å². The molecule has 4 aromatic carbocycles. The maximum absolute atomic E-state index is 11.7. The van der Waals surface area contributed by atoms with Crippen molar-refractivity contribution in [1.82, 2.24) is 0 Å². The van der Waals surface area contributed by atoms with E-state index in [-0.39, 0.29) is 37.2 Å². The lowest BCUT2D eigenvalue weighted by Crippen LogP contribution is -2.39. The summed E-state index contributed by atoms with van der Waals surface area (Å²) in [5, 5.41) is 106. The third kappa shape index (κ3) is 5.53. The SMILES string of the molecule is OC[C@@]1(O)Cc2cc(O)ccc2-c2cc(O)c(O)cc2C[C@](O)(CO)Cc2cc(O)ccc2-c2cc(O)c(O)cc2C1. The molecule has 0 fully saturated rings. The van der Waals surface area contributed by atoms with Gasteiger partial charge in [-0.05, 0) is 93.0 Å². The second-order valence-electron chi connectivity index (χ2n) is 11.2. The van der Waals surface area contributed by atoms with Gasteiger partial charge in [-0.25, -0.2) is 0 Å². The smallest absolute Gasteiger partial charge is 0.158 e. The molecule has 1 aliphatic rings. The van der Waals surface area contributed by atoms with Crippen molar-refractivity contribution in [3.05, 3.63) is 82.9 Å². The largest absolute Gasteiger partial charge is 0.508 e. The molecule has 10 nitrogen and oxygen atoms in total. The molecule has 0 bridgehead atoms. The van der Waals surface area contributed by atoms with Crippen molar-refractivity contribution in [1.29, 1.82) is 0 Å². The summed E-state index contributed by atoms with van der Waals surface area (Å²) in [6, 6.07) is 13.7. The minimum absolute atomic E-state index is 0.136. The van der Waals surface area contributed by atoms with E-state index in [0.717, 1.165) is 0 Å². The normalized spacial score (nSPS) is 20.5. The molecule has 0 saturated carbocycles. The first-order valence-electron chi connectivity index (χ1n) is 13.2. The summed E-state index contributed by atoms with van der Waals surface area (Å²) in [6.45, 7) is -1.47. The first kappa shape index (κ1) is 29.0. The number of hydrogen-bond donors (Lipinski definition) is 10. The number of rotatable bonds is 2. The van der Waals surface area contributed by atoms with Gasteiger partial charge in [0.2, 0.25) is 0 Å². The van der Waals surface area contributed by atoms with Gasteiger partial charge < -0.3 is 51.1 Å². The average molecular weight is 577 g/mol. The van der Waals surface area contributed by atoms with Crippen LogP contribution in [0.5, 0.6) is 34.5 Å². The number of aromatic hydroxyl groups is 6. The van der Waals surface area contributed by atoms with Crippen LogP contribution >= 0.6 is 0 Å². The standard InChI is InChI=1S/C32H32O10/c33-15-31(41)11-17-5-21(35)1-3-23(17)25-9-29(39)27(37)7-19(25)13-32(42,16-34)12-18-6-22(36)2-4-24(18)26-10-30(40)28(38)8-20(26)14-31/h1-10,33-42H,11-16H2/t31-,32+. The molecule has 0 heterocycles. The van der Waals surface area contributed by atoms with E-state index < -0.39 is 47.4 Å². The number of benzene rings is 4. The summed E-state index contributed by atoms with van der Waals surface area (Å²) in [7, 11) is 0. The molecule has 0 amide bonds. The first-order chi connectivity index (χ1) is 19.8. The molecule has 0 spiro atoms. The lowest BCUT2D eigenvalue weighted by atomic mass is 9.79. The zero-order chi connectivity index (χ0) is 30.4. The van der Waals surface area contributed by atoms with Crippen molar-refractivity contribution < 1.29 is 51.1 Å². The Kier molecular flexibility index (Phi) is 7.42. The van der Waals surface area contributed by atoms with Crippen LogP contribution in [0.1, 0.15) is 22.3 Å². The minimum atomic E-state index is -1.85. The van der Waals surface area contributed by atoms with E-state index in [2.05, 4.69) is 0 Å². The van der Waals surface area contributed by atoms with Gasteiger partial charge in [0, 0.05) is 25.7 Å². The Bertz CT molecular complexity index is 1540. The van der Waals surface area contributed by atoms with Crippen LogP contribution in [0.4, 0.5) is 0 Å². The second kappa shape index (κ2) is 10.7. The fourth-order valence-corrected chi connectivity index (χ4v) is 5.78. The van der Waals surface area contributed by atoms with Gasteiger partial charge in [0.05, 0.1) is 24.4 Å². The molecule has 10 N–H and O–H groups in total. The van der Waals surface area contributed by atoms with E-state index in [9.17, 15) is 51.1 Å². The highest BCUT2D eigenvalue weighted by Gasteiger charge is 2.34. The summed E-state index contributed by atoms with van der Waals surface area (Å²) in [5.74, 6) is -2.13. The second-order valence-corrected chi connectivity index (χ2v) is 11.2. The van der Waals surface area contributed by atoms with Crippen LogP contribution in [0.25, 0.3) is 22.3 Å². The highest BCUT2D eigenvalue weighted by Crippen LogP contribution is 2.43. The molecule has 0 saturated heterocycles. The molecule has 2 atom stereocenters. The Morgan fingerprint density at radius 2 is 0.738 bits per heavy atom. The molecule has 1 aliphatic carbocycles. The van der Waals surface area contributed by atoms with Crippen molar-refractivity contribution in [3.63, 3.8) is 0 Å². The highest BCUT2D eigenvalue weighted by atomic mass is 16.3. The van der Waals surface area contributed by atoms with Crippen LogP contribution in [0, 0.1) is 0 Å². The maximum atomic E-state index is 11.7. The Morgan fingerprint density at radius 3 is 1.07 bits per heavy atom. The zero-order valence-electron chi connectivity index (χ0n) is 22.5. The molecule has 0 aromatic heterocycles. The van der Waals surface area contributed by atoms with Crippen LogP contribution in [-0.2, 0) is 25.7 Å². The van der Waals surface area contributed by atoms with Gasteiger partial charge >= 0.3 is 0 Å². The van der Waals surface area contributed by atoms with E-state index >= 15 is 0 Å². The Hall–Kier alpha value is -4.48. The molecular weight excluding hydrogens is 544 g/mol. The Morgan fingerprint density at radius 1 is 0.429 bits per heavy atom.